The van der Waals surface area contributed by atoms with Crippen LogP contribution in [0.15, 0.2) is 59.7 Å². The lowest BCUT2D eigenvalue weighted by molar-refractivity contribution is 0.792. The molecule has 0 spiro atoms. The highest BCUT2D eigenvalue weighted by atomic mass is 32.1. The second-order valence-corrected chi connectivity index (χ2v) is 5.46. The van der Waals surface area contributed by atoms with E-state index in [-0.39, 0.29) is 0 Å². The van der Waals surface area contributed by atoms with Crippen molar-refractivity contribution in [2.75, 3.05) is 0 Å². The first-order valence-corrected chi connectivity index (χ1v) is 7.44. The van der Waals surface area contributed by atoms with E-state index in [1.54, 1.807) is 10.9 Å². The van der Waals surface area contributed by atoms with Gasteiger partial charge < -0.3 is 0 Å². The summed E-state index contributed by atoms with van der Waals surface area (Å²) >= 11 is 5.26. The van der Waals surface area contributed by atoms with Gasteiger partial charge in [0.1, 0.15) is 0 Å². The smallest absolute Gasteiger partial charge is 0.216 e. The summed E-state index contributed by atoms with van der Waals surface area (Å²) in [6.07, 6.45) is 2.48. The molecule has 1 N–H and O–H groups in total. The van der Waals surface area contributed by atoms with E-state index in [9.17, 15) is 0 Å². The van der Waals surface area contributed by atoms with E-state index >= 15 is 0 Å². The third-order valence-corrected chi connectivity index (χ3v) is 3.55. The number of nitrogens with one attached hydrogen (secondary N) is 1. The number of hydrogen-bond donors (Lipinski definition) is 1. The molecule has 4 nitrogen and oxygen atoms in total. The van der Waals surface area contributed by atoms with Crippen molar-refractivity contribution in [2.45, 2.75) is 13.3 Å². The predicted octanol–water partition coefficient (Wildman–Crippen LogP) is 3.72. The van der Waals surface area contributed by atoms with Crippen molar-refractivity contribution in [1.82, 2.24) is 14.9 Å². The molecule has 3 aromatic rings. The minimum absolute atomic E-state index is 0.495. The number of hydrogen-bond acceptors (Lipinski definition) is 3. The van der Waals surface area contributed by atoms with Crippen LogP contribution in [0.5, 0.6) is 0 Å². The molecule has 0 aliphatic heterocycles. The van der Waals surface area contributed by atoms with Crippen LogP contribution in [-0.4, -0.2) is 21.1 Å². The number of H-pyrrole nitrogens is 1. The van der Waals surface area contributed by atoms with E-state index < -0.39 is 0 Å². The van der Waals surface area contributed by atoms with Crippen LogP contribution in [0.1, 0.15) is 22.5 Å². The largest absolute Gasteiger partial charge is 0.250 e. The van der Waals surface area contributed by atoms with E-state index in [2.05, 4.69) is 46.5 Å². The molecule has 0 radical (unpaired) electrons. The number of benzene rings is 2. The van der Waals surface area contributed by atoms with Gasteiger partial charge in [-0.2, -0.15) is 14.9 Å². The molecule has 0 aliphatic carbocycles. The minimum Gasteiger partial charge on any atom is -0.250 e. The van der Waals surface area contributed by atoms with Crippen LogP contribution < -0.4 is 0 Å². The van der Waals surface area contributed by atoms with Gasteiger partial charge in [0.15, 0.2) is 5.82 Å². The van der Waals surface area contributed by atoms with E-state index in [0.29, 0.717) is 11.2 Å². The Kier molecular flexibility index (Phi) is 4.25. The van der Waals surface area contributed by atoms with Gasteiger partial charge in [0.2, 0.25) is 4.77 Å². The summed E-state index contributed by atoms with van der Waals surface area (Å²) in [5, 5.41) is 11.5. The highest BCUT2D eigenvalue weighted by Gasteiger charge is 2.05. The number of nitrogens with zero attached hydrogens (tertiary/aromatic N) is 3. The molecule has 0 unspecified atom stereocenters. The van der Waals surface area contributed by atoms with Crippen molar-refractivity contribution in [3.8, 4) is 0 Å². The van der Waals surface area contributed by atoms with Crippen LogP contribution in [0.3, 0.4) is 0 Å². The van der Waals surface area contributed by atoms with Gasteiger partial charge in [-0.25, -0.2) is 0 Å². The van der Waals surface area contributed by atoms with Crippen LogP contribution in [0.4, 0.5) is 0 Å². The fourth-order valence-electron chi connectivity index (χ4n) is 2.21. The topological polar surface area (TPSA) is 46.0 Å². The minimum atomic E-state index is 0.495. The van der Waals surface area contributed by atoms with Crippen molar-refractivity contribution in [2.24, 2.45) is 5.10 Å². The Balaban J connectivity index is 1.88. The van der Waals surface area contributed by atoms with Crippen molar-refractivity contribution in [3.05, 3.63) is 81.9 Å². The van der Waals surface area contributed by atoms with E-state index in [1.165, 1.54) is 11.1 Å². The zero-order valence-electron chi connectivity index (χ0n) is 12.2. The molecule has 1 aromatic heterocycles. The Labute approximate surface area is 134 Å². The summed E-state index contributed by atoms with van der Waals surface area (Å²) in [5.74, 6) is 0.792. The average molecular weight is 308 g/mol. The fraction of sp³-hybridized carbons (Fsp3) is 0.118. The monoisotopic (exact) mass is 308 g/mol. The standard InChI is InChI=1S/C17H16N4S/c1-13-6-5-9-15(10-13)12-18-21-16(19-20-17(21)22)11-14-7-3-2-4-8-14/h2-10,12H,11H2,1H3,(H,20,22)/b18-12-. The quantitative estimate of drug-likeness (QED) is 0.590. The van der Waals surface area contributed by atoms with Crippen LogP contribution in [0.25, 0.3) is 0 Å². The van der Waals surface area contributed by atoms with Crippen molar-refractivity contribution in [1.29, 1.82) is 0 Å². The van der Waals surface area contributed by atoms with Crippen LogP contribution in [0, 0.1) is 11.7 Å². The molecule has 0 aliphatic rings. The summed E-state index contributed by atoms with van der Waals surface area (Å²) in [6.45, 7) is 2.06. The van der Waals surface area contributed by atoms with Crippen molar-refractivity contribution in [3.63, 3.8) is 0 Å². The highest BCUT2D eigenvalue weighted by Crippen LogP contribution is 2.08. The third kappa shape index (κ3) is 3.38. The number of aryl methyl sites for hydroxylation is 1. The Hall–Kier alpha value is -2.53. The van der Waals surface area contributed by atoms with Gasteiger partial charge >= 0.3 is 0 Å². The number of aromatic nitrogens is 3. The Bertz CT molecular complexity index is 846. The second-order valence-electron chi connectivity index (χ2n) is 5.08. The van der Waals surface area contributed by atoms with Crippen molar-refractivity contribution >= 4 is 18.4 Å². The summed E-state index contributed by atoms with van der Waals surface area (Å²) in [4.78, 5) is 0. The van der Waals surface area contributed by atoms with Crippen LogP contribution in [0.2, 0.25) is 0 Å². The fourth-order valence-corrected chi connectivity index (χ4v) is 2.41. The number of aromatic amines is 1. The van der Waals surface area contributed by atoms with Gasteiger partial charge in [0.05, 0.1) is 6.21 Å². The van der Waals surface area contributed by atoms with Gasteiger partial charge in [-0.05, 0) is 30.3 Å². The highest BCUT2D eigenvalue weighted by molar-refractivity contribution is 7.71. The van der Waals surface area contributed by atoms with Gasteiger partial charge in [-0.15, -0.1) is 0 Å². The van der Waals surface area contributed by atoms with E-state index in [1.807, 2.05) is 30.3 Å². The first kappa shape index (κ1) is 14.4. The third-order valence-electron chi connectivity index (χ3n) is 3.29. The molecular formula is C17H16N4S. The lowest BCUT2D eigenvalue weighted by Gasteiger charge is -2.01. The first-order valence-electron chi connectivity index (χ1n) is 7.03. The molecule has 1 heterocycles. The maximum Gasteiger partial charge on any atom is 0.216 e. The SMILES string of the molecule is Cc1cccc(/C=N\n2c(Cc3ccccc3)n[nH]c2=S)c1. The van der Waals surface area contributed by atoms with Gasteiger partial charge in [-0.3, -0.25) is 5.10 Å². The van der Waals surface area contributed by atoms with Crippen molar-refractivity contribution < 1.29 is 0 Å². The average Bonchev–Trinajstić information content (AvgIpc) is 2.87. The zero-order valence-corrected chi connectivity index (χ0v) is 13.0. The Morgan fingerprint density at radius 1 is 1.18 bits per heavy atom. The zero-order chi connectivity index (χ0) is 15.4. The number of rotatable bonds is 4. The first-order chi connectivity index (χ1) is 10.7. The molecule has 3 rings (SSSR count). The maximum atomic E-state index is 5.26. The second kappa shape index (κ2) is 6.49. The summed E-state index contributed by atoms with van der Waals surface area (Å²) in [5.41, 5.74) is 3.40. The van der Waals surface area contributed by atoms with Gasteiger partial charge in [0, 0.05) is 6.42 Å². The molecule has 22 heavy (non-hydrogen) atoms. The predicted molar refractivity (Wildman–Crippen MR) is 90.8 cm³/mol. The normalized spacial score (nSPS) is 11.1. The molecule has 110 valence electrons. The molecule has 0 fully saturated rings. The summed E-state index contributed by atoms with van der Waals surface area (Å²) in [6, 6.07) is 18.3. The molecule has 2 aromatic carbocycles. The van der Waals surface area contributed by atoms with Gasteiger partial charge in [0.25, 0.3) is 0 Å². The van der Waals surface area contributed by atoms with Gasteiger partial charge in [-0.1, -0.05) is 60.2 Å². The van der Waals surface area contributed by atoms with E-state index in [0.717, 1.165) is 11.4 Å². The Morgan fingerprint density at radius 3 is 2.77 bits per heavy atom. The molecule has 5 heteroatoms. The Morgan fingerprint density at radius 2 is 2.00 bits per heavy atom. The molecular weight excluding hydrogens is 292 g/mol. The molecule has 0 amide bonds. The summed E-state index contributed by atoms with van der Waals surface area (Å²) in [7, 11) is 0. The molecule has 0 bridgehead atoms. The molecule has 0 saturated heterocycles. The summed E-state index contributed by atoms with van der Waals surface area (Å²) < 4.78 is 2.17. The van der Waals surface area contributed by atoms with E-state index in [4.69, 9.17) is 12.2 Å². The van der Waals surface area contributed by atoms with Crippen LogP contribution in [-0.2, 0) is 6.42 Å². The lowest BCUT2D eigenvalue weighted by atomic mass is 10.1. The maximum absolute atomic E-state index is 5.26. The lowest BCUT2D eigenvalue weighted by Crippen LogP contribution is -2.00. The molecule has 0 atom stereocenters. The molecule has 0 saturated carbocycles. The van der Waals surface area contributed by atoms with Crippen LogP contribution >= 0.6 is 12.2 Å².